The maximum Gasteiger partial charge on any atom is 0.340 e. The predicted molar refractivity (Wildman–Crippen MR) is 149 cm³/mol. The van der Waals surface area contributed by atoms with E-state index in [1.807, 2.05) is 67.8 Å². The summed E-state index contributed by atoms with van der Waals surface area (Å²) in [4.78, 5) is 48.4. The van der Waals surface area contributed by atoms with E-state index in [1.165, 1.54) is 13.8 Å². The molecule has 0 saturated heterocycles. The number of amides is 2. The Morgan fingerprint density at radius 1 is 0.818 bits per heavy atom. The van der Waals surface area contributed by atoms with E-state index in [9.17, 15) is 19.2 Å². The maximum atomic E-state index is 13.0. The third-order valence-corrected chi connectivity index (χ3v) is 7.26. The van der Waals surface area contributed by atoms with Gasteiger partial charge in [0.05, 0.1) is 39.3 Å². The summed E-state index contributed by atoms with van der Waals surface area (Å²) in [6.07, 6.45) is -0.221. The number of ether oxygens (including phenoxy) is 2. The highest BCUT2D eigenvalue weighted by molar-refractivity contribution is 14.1. The zero-order chi connectivity index (χ0) is 24.9. The Bertz CT molecular complexity index is 1060. The van der Waals surface area contributed by atoms with Crippen molar-refractivity contribution in [3.8, 4) is 0 Å². The van der Waals surface area contributed by atoms with Crippen LogP contribution in [0.25, 0.3) is 0 Å². The van der Waals surface area contributed by atoms with Crippen molar-refractivity contribution in [1.29, 1.82) is 0 Å². The van der Waals surface area contributed by atoms with Crippen LogP contribution in [0.4, 0.5) is 11.4 Å². The van der Waals surface area contributed by atoms with Gasteiger partial charge in [0.15, 0.2) is 0 Å². The van der Waals surface area contributed by atoms with E-state index in [0.717, 1.165) is 0 Å². The molecule has 0 fully saturated rings. The molecule has 0 unspecified atom stereocenters. The van der Waals surface area contributed by atoms with Crippen LogP contribution in [-0.4, -0.2) is 29.9 Å². The summed E-state index contributed by atoms with van der Waals surface area (Å²) in [6.45, 7) is 6.24. The summed E-state index contributed by atoms with van der Waals surface area (Å²) in [5, 5.41) is 5.44. The largest absolute Gasteiger partial charge is 0.459 e. The first-order chi connectivity index (χ1) is 15.4. The lowest BCUT2D eigenvalue weighted by atomic mass is 10.1. The lowest BCUT2D eigenvalue weighted by Crippen LogP contribution is -2.19. The van der Waals surface area contributed by atoms with Gasteiger partial charge in [0.1, 0.15) is 6.61 Å². The highest BCUT2D eigenvalue weighted by Gasteiger charge is 2.26. The van der Waals surface area contributed by atoms with Gasteiger partial charge in [0, 0.05) is 13.8 Å². The zero-order valence-electron chi connectivity index (χ0n) is 18.2. The summed E-state index contributed by atoms with van der Waals surface area (Å²) in [7, 11) is 0. The molecule has 0 atom stereocenters. The molecular weight excluding hydrogens is 769 g/mol. The van der Waals surface area contributed by atoms with Crippen molar-refractivity contribution in [3.63, 3.8) is 0 Å². The number of hydrogen-bond acceptors (Lipinski definition) is 6. The smallest absolute Gasteiger partial charge is 0.340 e. The minimum Gasteiger partial charge on any atom is -0.459 e. The second kappa shape index (κ2) is 12.3. The Kier molecular flexibility index (Phi) is 10.3. The summed E-state index contributed by atoms with van der Waals surface area (Å²) in [5.41, 5.74) is 2.17. The van der Waals surface area contributed by atoms with E-state index in [0.29, 0.717) is 33.2 Å². The molecule has 0 saturated carbocycles. The highest BCUT2D eigenvalue weighted by atomic mass is 127. The topological polar surface area (TPSA) is 111 Å². The fraction of sp³-hybridized carbons (Fsp3) is 0.273. The number of hydrogen-bond donors (Lipinski definition) is 2. The minimum atomic E-state index is -0.610. The number of nitrogens with one attached hydrogen (secondary N) is 2. The van der Waals surface area contributed by atoms with Gasteiger partial charge in [-0.2, -0.15) is 0 Å². The zero-order valence-corrected chi connectivity index (χ0v) is 24.6. The van der Waals surface area contributed by atoms with Gasteiger partial charge in [0.25, 0.3) is 0 Å². The summed E-state index contributed by atoms with van der Waals surface area (Å²) in [6, 6.07) is 6.57. The third kappa shape index (κ3) is 7.50. The van der Waals surface area contributed by atoms with Gasteiger partial charge in [-0.15, -0.1) is 0 Å². The van der Waals surface area contributed by atoms with Gasteiger partial charge in [-0.3, -0.25) is 9.59 Å². The van der Waals surface area contributed by atoms with Gasteiger partial charge in [-0.05, 0) is 99.3 Å². The van der Waals surface area contributed by atoms with Crippen molar-refractivity contribution in [3.05, 3.63) is 51.7 Å². The maximum absolute atomic E-state index is 13.0. The Morgan fingerprint density at radius 2 is 1.30 bits per heavy atom. The molecule has 2 rings (SSSR count). The molecule has 2 aromatic carbocycles. The molecule has 0 radical (unpaired) electrons. The van der Waals surface area contributed by atoms with Crippen LogP contribution in [0.3, 0.4) is 0 Å². The second-order valence-electron chi connectivity index (χ2n) is 7.16. The van der Waals surface area contributed by atoms with Gasteiger partial charge in [-0.1, -0.05) is 12.1 Å². The van der Waals surface area contributed by atoms with E-state index in [1.54, 1.807) is 38.1 Å². The molecule has 11 heteroatoms. The summed E-state index contributed by atoms with van der Waals surface area (Å²) >= 11 is 5.97. The monoisotopic (exact) mass is 790 g/mol. The van der Waals surface area contributed by atoms with Crippen LogP contribution in [0, 0.1) is 10.7 Å². The van der Waals surface area contributed by atoms with Crippen molar-refractivity contribution in [2.75, 3.05) is 10.6 Å². The Labute approximate surface area is 232 Å². The van der Waals surface area contributed by atoms with Gasteiger partial charge < -0.3 is 20.1 Å². The van der Waals surface area contributed by atoms with Crippen LogP contribution in [-0.2, 0) is 25.7 Å². The van der Waals surface area contributed by atoms with Crippen molar-refractivity contribution in [2.45, 2.75) is 40.4 Å². The number of anilines is 2. The van der Waals surface area contributed by atoms with Crippen molar-refractivity contribution < 1.29 is 28.7 Å². The first-order valence-corrected chi connectivity index (χ1v) is 12.9. The molecule has 2 amide bonds. The molecule has 0 bridgehead atoms. The molecule has 0 aliphatic rings. The third-order valence-electron chi connectivity index (χ3n) is 4.03. The average Bonchev–Trinajstić information content (AvgIpc) is 2.72. The molecule has 0 spiro atoms. The van der Waals surface area contributed by atoms with Gasteiger partial charge in [-0.25, -0.2) is 9.59 Å². The van der Waals surface area contributed by atoms with E-state index >= 15 is 0 Å². The standard InChI is InChI=1S/C22H21I3N2O6/c1-10(2)33-21(30)14-7-5-13(6-8-14)9-32-22(31)15-16(23)19(26-11(3)28)18(25)20(17(15)24)27-12(4)29/h5-8,10H,9H2,1-4H3,(H,26,28)(H,27,29). The molecule has 176 valence electrons. The number of benzene rings is 2. The quantitative estimate of drug-likeness (QED) is 0.290. The Morgan fingerprint density at radius 3 is 1.73 bits per heavy atom. The van der Waals surface area contributed by atoms with Gasteiger partial charge in [0.2, 0.25) is 11.8 Å². The number of esters is 2. The van der Waals surface area contributed by atoms with Crippen LogP contribution < -0.4 is 10.6 Å². The molecule has 0 heterocycles. The van der Waals surface area contributed by atoms with Crippen LogP contribution in [0.1, 0.15) is 54.0 Å². The van der Waals surface area contributed by atoms with Crippen LogP contribution >= 0.6 is 67.8 Å². The van der Waals surface area contributed by atoms with Crippen LogP contribution in [0.15, 0.2) is 24.3 Å². The fourth-order valence-corrected chi connectivity index (χ4v) is 6.80. The first-order valence-electron chi connectivity index (χ1n) is 9.65. The molecule has 2 N–H and O–H groups in total. The molecule has 0 aliphatic carbocycles. The normalized spacial score (nSPS) is 10.5. The SMILES string of the molecule is CC(=O)Nc1c(I)c(NC(C)=O)c(I)c(C(=O)OCc2ccc(C(=O)OC(C)C)cc2)c1I. The van der Waals surface area contributed by atoms with E-state index in [2.05, 4.69) is 10.6 Å². The summed E-state index contributed by atoms with van der Waals surface area (Å²) < 4.78 is 12.3. The van der Waals surface area contributed by atoms with E-state index in [4.69, 9.17) is 9.47 Å². The first kappa shape index (κ1) is 27.8. The highest BCUT2D eigenvalue weighted by Crippen LogP contribution is 2.39. The van der Waals surface area contributed by atoms with Crippen LogP contribution in [0.2, 0.25) is 0 Å². The van der Waals surface area contributed by atoms with Crippen molar-refractivity contribution in [2.24, 2.45) is 0 Å². The number of halogens is 3. The Hall–Kier alpha value is -1.49. The van der Waals surface area contributed by atoms with E-state index in [-0.39, 0.29) is 30.1 Å². The number of carbonyl (C=O) groups is 4. The molecule has 33 heavy (non-hydrogen) atoms. The number of rotatable bonds is 7. The van der Waals surface area contributed by atoms with Crippen molar-refractivity contribution in [1.82, 2.24) is 0 Å². The molecular formula is C22H21I3N2O6. The second-order valence-corrected chi connectivity index (χ2v) is 10.4. The minimum absolute atomic E-state index is 0.0264. The summed E-state index contributed by atoms with van der Waals surface area (Å²) in [5.74, 6) is -1.65. The van der Waals surface area contributed by atoms with Gasteiger partial charge >= 0.3 is 11.9 Å². The fourth-order valence-electron chi connectivity index (χ4n) is 2.66. The van der Waals surface area contributed by atoms with Crippen LogP contribution in [0.5, 0.6) is 0 Å². The number of carbonyl (C=O) groups excluding carboxylic acids is 4. The molecule has 0 aliphatic heterocycles. The predicted octanol–water partition coefficient (Wildman–Crippen LogP) is 5.34. The Balaban J connectivity index is 2.30. The lowest BCUT2D eigenvalue weighted by Gasteiger charge is -2.19. The molecule has 2 aromatic rings. The lowest BCUT2D eigenvalue weighted by molar-refractivity contribution is -0.115. The average molecular weight is 790 g/mol. The molecule has 0 aromatic heterocycles. The van der Waals surface area contributed by atoms with Crippen molar-refractivity contribution >= 4 is 103 Å². The molecule has 8 nitrogen and oxygen atoms in total. The van der Waals surface area contributed by atoms with E-state index < -0.39 is 11.9 Å².